The number of hydrogen-bond donors (Lipinski definition) is 3. The first-order valence-electron chi connectivity index (χ1n) is 14.7. The number of carbonyl (C=O) groups is 3. The Morgan fingerprint density at radius 2 is 1.88 bits per heavy atom. The SMILES string of the molecule is CCCOC(=O)OC1(C2CCCCC2)CCN(C(=O)C(Cc2ccccc2)NC(=O)NCCc2cnc[nH]2)CC1. The Hall–Kier alpha value is -3.56. The first kappa shape index (κ1) is 29.4. The molecule has 1 aliphatic carbocycles. The summed E-state index contributed by atoms with van der Waals surface area (Å²) in [7, 11) is 0. The van der Waals surface area contributed by atoms with E-state index in [1.807, 2.05) is 37.3 Å². The molecular formula is C30H43N5O5. The van der Waals surface area contributed by atoms with Gasteiger partial charge in [0.25, 0.3) is 0 Å². The van der Waals surface area contributed by atoms with Gasteiger partial charge in [-0.2, -0.15) is 0 Å². The second-order valence-electron chi connectivity index (χ2n) is 10.9. The van der Waals surface area contributed by atoms with Crippen LogP contribution in [-0.2, 0) is 27.1 Å². The average molecular weight is 554 g/mol. The van der Waals surface area contributed by atoms with Gasteiger partial charge in [-0.05, 0) is 30.7 Å². The van der Waals surface area contributed by atoms with Crippen molar-refractivity contribution in [3.63, 3.8) is 0 Å². The van der Waals surface area contributed by atoms with Crippen LogP contribution in [0.25, 0.3) is 0 Å². The first-order valence-corrected chi connectivity index (χ1v) is 14.7. The van der Waals surface area contributed by atoms with Crippen molar-refractivity contribution >= 4 is 18.1 Å². The predicted molar refractivity (Wildman–Crippen MR) is 151 cm³/mol. The van der Waals surface area contributed by atoms with Crippen molar-refractivity contribution in [2.45, 2.75) is 82.8 Å². The third-order valence-corrected chi connectivity index (χ3v) is 8.10. The number of hydrogen-bond acceptors (Lipinski definition) is 6. The fourth-order valence-corrected chi connectivity index (χ4v) is 5.92. The van der Waals surface area contributed by atoms with Crippen LogP contribution in [-0.4, -0.2) is 70.8 Å². The molecule has 10 heteroatoms. The number of piperidine rings is 1. The number of likely N-dealkylation sites (tertiary alicyclic amines) is 1. The van der Waals surface area contributed by atoms with Crippen LogP contribution in [0.3, 0.4) is 0 Å². The molecule has 2 fully saturated rings. The van der Waals surface area contributed by atoms with Crippen LogP contribution in [0.2, 0.25) is 0 Å². The van der Waals surface area contributed by atoms with Gasteiger partial charge in [0.1, 0.15) is 11.6 Å². The fraction of sp³-hybridized carbons (Fsp3) is 0.600. The van der Waals surface area contributed by atoms with Crippen LogP contribution < -0.4 is 10.6 Å². The van der Waals surface area contributed by atoms with Gasteiger partial charge in [0.2, 0.25) is 5.91 Å². The Morgan fingerprint density at radius 3 is 2.55 bits per heavy atom. The van der Waals surface area contributed by atoms with Crippen LogP contribution >= 0.6 is 0 Å². The smallest absolute Gasteiger partial charge is 0.434 e. The summed E-state index contributed by atoms with van der Waals surface area (Å²) in [4.78, 5) is 47.9. The molecule has 3 amide bonds. The Bertz CT molecular complexity index is 1060. The molecule has 0 radical (unpaired) electrons. The Kier molecular flexibility index (Phi) is 10.8. The Labute approximate surface area is 236 Å². The normalized spacial score (nSPS) is 18.0. The van der Waals surface area contributed by atoms with Crippen molar-refractivity contribution in [3.05, 3.63) is 54.1 Å². The maximum atomic E-state index is 13.8. The molecule has 2 heterocycles. The van der Waals surface area contributed by atoms with Crippen molar-refractivity contribution in [2.24, 2.45) is 5.92 Å². The highest BCUT2D eigenvalue weighted by molar-refractivity contribution is 5.87. The van der Waals surface area contributed by atoms with Gasteiger partial charge in [0.05, 0.1) is 12.9 Å². The van der Waals surface area contributed by atoms with Gasteiger partial charge in [-0.3, -0.25) is 4.79 Å². The highest BCUT2D eigenvalue weighted by Crippen LogP contribution is 2.42. The second kappa shape index (κ2) is 14.7. The van der Waals surface area contributed by atoms with Crippen LogP contribution in [0, 0.1) is 5.92 Å². The van der Waals surface area contributed by atoms with E-state index in [0.29, 0.717) is 51.9 Å². The molecule has 218 valence electrons. The number of aromatic amines is 1. The van der Waals surface area contributed by atoms with Crippen molar-refractivity contribution in [2.75, 3.05) is 26.2 Å². The highest BCUT2D eigenvalue weighted by atomic mass is 16.7. The lowest BCUT2D eigenvalue weighted by atomic mass is 9.72. The molecule has 1 aromatic carbocycles. The quantitative estimate of drug-likeness (QED) is 0.355. The summed E-state index contributed by atoms with van der Waals surface area (Å²) in [6.45, 7) is 3.63. The minimum atomic E-state index is -0.716. The van der Waals surface area contributed by atoms with E-state index in [2.05, 4.69) is 20.6 Å². The standard InChI is InChI=1S/C30H43N5O5/c1-2-19-39-29(38)40-30(24-11-7-4-8-12-24)14-17-35(18-15-30)27(36)26(20-23-9-5-3-6-10-23)34-28(37)32-16-13-25-21-31-22-33-25/h3,5-6,9-10,21-22,24,26H,2,4,7-8,11-20H2,1H3,(H,31,33)(H2,32,34,37). The Balaban J connectivity index is 1.40. The van der Waals surface area contributed by atoms with Gasteiger partial charge in [-0.25, -0.2) is 14.6 Å². The molecule has 3 N–H and O–H groups in total. The maximum Gasteiger partial charge on any atom is 0.508 e. The number of benzene rings is 1. The number of rotatable bonds is 11. The number of ether oxygens (including phenoxy) is 2. The molecule has 0 spiro atoms. The summed E-state index contributed by atoms with van der Waals surface area (Å²) in [5.74, 6) is 0.143. The van der Waals surface area contributed by atoms with E-state index >= 15 is 0 Å². The largest absolute Gasteiger partial charge is 0.508 e. The van der Waals surface area contributed by atoms with E-state index < -0.39 is 17.8 Å². The van der Waals surface area contributed by atoms with E-state index in [-0.39, 0.29) is 17.9 Å². The Morgan fingerprint density at radius 1 is 1.12 bits per heavy atom. The molecule has 10 nitrogen and oxygen atoms in total. The maximum absolute atomic E-state index is 13.8. The van der Waals surface area contributed by atoms with E-state index in [1.54, 1.807) is 17.4 Å². The molecular weight excluding hydrogens is 510 g/mol. The van der Waals surface area contributed by atoms with Crippen LogP contribution in [0.4, 0.5) is 9.59 Å². The summed E-state index contributed by atoms with van der Waals surface area (Å²) in [6.07, 6.45) is 11.1. The lowest BCUT2D eigenvalue weighted by molar-refractivity contribution is -0.143. The van der Waals surface area contributed by atoms with Gasteiger partial charge in [0, 0.05) is 57.2 Å². The zero-order valence-electron chi connectivity index (χ0n) is 23.5. The van der Waals surface area contributed by atoms with E-state index in [0.717, 1.165) is 43.4 Å². The number of urea groups is 1. The minimum absolute atomic E-state index is 0.127. The topological polar surface area (TPSA) is 126 Å². The molecule has 40 heavy (non-hydrogen) atoms. The number of nitrogens with zero attached hydrogens (tertiary/aromatic N) is 2. The van der Waals surface area contributed by atoms with Crippen molar-refractivity contribution in [1.29, 1.82) is 0 Å². The van der Waals surface area contributed by atoms with Crippen LogP contribution in [0.15, 0.2) is 42.9 Å². The van der Waals surface area contributed by atoms with E-state index in [4.69, 9.17) is 9.47 Å². The molecule has 1 aromatic heterocycles. The third-order valence-electron chi connectivity index (χ3n) is 8.10. The molecule has 2 aliphatic rings. The van der Waals surface area contributed by atoms with Gasteiger partial charge in [-0.15, -0.1) is 0 Å². The van der Waals surface area contributed by atoms with Crippen molar-refractivity contribution in [1.82, 2.24) is 25.5 Å². The summed E-state index contributed by atoms with van der Waals surface area (Å²) >= 11 is 0. The van der Waals surface area contributed by atoms with Crippen LogP contribution in [0.1, 0.15) is 69.5 Å². The number of aromatic nitrogens is 2. The molecule has 0 bridgehead atoms. The van der Waals surface area contributed by atoms with E-state index in [1.165, 1.54) is 6.42 Å². The average Bonchev–Trinajstić information content (AvgIpc) is 3.50. The summed E-state index contributed by atoms with van der Waals surface area (Å²) in [5, 5.41) is 5.76. The van der Waals surface area contributed by atoms with Crippen LogP contribution in [0.5, 0.6) is 0 Å². The van der Waals surface area contributed by atoms with Crippen molar-refractivity contribution < 1.29 is 23.9 Å². The minimum Gasteiger partial charge on any atom is -0.434 e. The molecule has 1 unspecified atom stereocenters. The van der Waals surface area contributed by atoms with Gasteiger partial charge < -0.3 is 30.0 Å². The van der Waals surface area contributed by atoms with E-state index in [9.17, 15) is 14.4 Å². The fourth-order valence-electron chi connectivity index (χ4n) is 5.92. The molecule has 1 aliphatic heterocycles. The molecule has 1 saturated carbocycles. The van der Waals surface area contributed by atoms with Gasteiger partial charge in [0.15, 0.2) is 0 Å². The highest BCUT2D eigenvalue weighted by Gasteiger charge is 2.46. The monoisotopic (exact) mass is 553 g/mol. The predicted octanol–water partition coefficient (Wildman–Crippen LogP) is 4.37. The number of imidazole rings is 1. The summed E-state index contributed by atoms with van der Waals surface area (Å²) < 4.78 is 11.3. The second-order valence-corrected chi connectivity index (χ2v) is 10.9. The number of H-pyrrole nitrogens is 1. The molecule has 2 aromatic rings. The number of nitrogens with one attached hydrogen (secondary N) is 3. The third kappa shape index (κ3) is 8.22. The zero-order valence-corrected chi connectivity index (χ0v) is 23.5. The summed E-state index contributed by atoms with van der Waals surface area (Å²) in [5.41, 5.74) is 1.27. The zero-order chi connectivity index (χ0) is 28.2. The van der Waals surface area contributed by atoms with Crippen molar-refractivity contribution in [3.8, 4) is 0 Å². The molecule has 1 saturated heterocycles. The molecule has 4 rings (SSSR count). The first-order chi connectivity index (χ1) is 19.5. The molecule has 1 atom stereocenters. The summed E-state index contributed by atoms with van der Waals surface area (Å²) in [6, 6.07) is 8.59. The number of amides is 3. The number of carbonyl (C=O) groups excluding carboxylic acids is 3. The lowest BCUT2D eigenvalue weighted by Crippen LogP contribution is -2.58. The van der Waals surface area contributed by atoms with Gasteiger partial charge in [-0.1, -0.05) is 56.5 Å². The van der Waals surface area contributed by atoms with Gasteiger partial charge >= 0.3 is 12.2 Å². The lowest BCUT2D eigenvalue weighted by Gasteiger charge is -2.47.